The van der Waals surface area contributed by atoms with Crippen LogP contribution in [0.5, 0.6) is 0 Å². The van der Waals surface area contributed by atoms with E-state index in [1.165, 1.54) is 11.8 Å². The van der Waals surface area contributed by atoms with E-state index < -0.39 is 0 Å². The van der Waals surface area contributed by atoms with Crippen LogP contribution in [0.3, 0.4) is 0 Å². The second kappa shape index (κ2) is 7.68. The molecule has 0 spiro atoms. The predicted octanol–water partition coefficient (Wildman–Crippen LogP) is 4.71. The van der Waals surface area contributed by atoms with Gasteiger partial charge in [-0.3, -0.25) is 9.69 Å². The highest BCUT2D eigenvalue weighted by Crippen LogP contribution is 2.35. The predicted molar refractivity (Wildman–Crippen MR) is 112 cm³/mol. The van der Waals surface area contributed by atoms with Gasteiger partial charge in [-0.2, -0.15) is 0 Å². The summed E-state index contributed by atoms with van der Waals surface area (Å²) in [6, 6.07) is 17.8. The van der Waals surface area contributed by atoms with E-state index in [9.17, 15) is 4.79 Å². The molecule has 1 aliphatic heterocycles. The van der Waals surface area contributed by atoms with Gasteiger partial charge in [0.2, 0.25) is 0 Å². The largest absolute Gasteiger partial charge is 0.378 e. The van der Waals surface area contributed by atoms with Crippen molar-refractivity contribution in [3.05, 3.63) is 77.2 Å². The van der Waals surface area contributed by atoms with E-state index in [1.807, 2.05) is 91.8 Å². The minimum atomic E-state index is -0.0784. The summed E-state index contributed by atoms with van der Waals surface area (Å²) in [5.74, 6) is -0.0784. The molecule has 0 aliphatic carbocycles. The van der Waals surface area contributed by atoms with Gasteiger partial charge in [-0.15, -0.1) is 0 Å². The molecular weight excluding hydrogens is 348 g/mol. The van der Waals surface area contributed by atoms with Crippen LogP contribution in [0, 0.1) is 0 Å². The Hall–Kier alpha value is -2.37. The summed E-state index contributed by atoms with van der Waals surface area (Å²) < 4.78 is 0.557. The van der Waals surface area contributed by atoms with E-state index in [4.69, 9.17) is 12.2 Å². The zero-order valence-corrected chi connectivity index (χ0v) is 15.7. The first-order valence-corrected chi connectivity index (χ1v) is 9.06. The molecule has 0 radical (unpaired) electrons. The Morgan fingerprint density at radius 2 is 1.72 bits per heavy atom. The minimum absolute atomic E-state index is 0.0784. The van der Waals surface area contributed by atoms with Gasteiger partial charge in [0, 0.05) is 19.8 Å². The molecule has 1 heterocycles. The van der Waals surface area contributed by atoms with Crippen LogP contribution in [-0.4, -0.2) is 24.3 Å². The highest BCUT2D eigenvalue weighted by molar-refractivity contribution is 8.27. The van der Waals surface area contributed by atoms with Gasteiger partial charge in [0.05, 0.1) is 10.6 Å². The maximum Gasteiger partial charge on any atom is 0.270 e. The van der Waals surface area contributed by atoms with Crippen molar-refractivity contribution in [2.24, 2.45) is 0 Å². The normalized spacial score (nSPS) is 16.2. The number of thioether (sulfide) groups is 1. The third-order valence-electron chi connectivity index (χ3n) is 3.75. The fourth-order valence-corrected chi connectivity index (χ4v) is 3.67. The number of allylic oxidation sites excluding steroid dienone is 2. The Balaban J connectivity index is 1.78. The van der Waals surface area contributed by atoms with E-state index >= 15 is 0 Å². The van der Waals surface area contributed by atoms with E-state index in [1.54, 1.807) is 4.90 Å². The molecule has 0 unspecified atom stereocenters. The van der Waals surface area contributed by atoms with Crippen molar-refractivity contribution in [3.63, 3.8) is 0 Å². The maximum atomic E-state index is 12.7. The average molecular weight is 367 g/mol. The summed E-state index contributed by atoms with van der Waals surface area (Å²) in [6.45, 7) is 0. The molecule has 2 aromatic carbocycles. The second-order valence-electron chi connectivity index (χ2n) is 5.72. The third kappa shape index (κ3) is 4.00. The van der Waals surface area contributed by atoms with Gasteiger partial charge in [-0.05, 0) is 35.9 Å². The summed E-state index contributed by atoms with van der Waals surface area (Å²) in [6.07, 6.45) is 5.68. The Bertz CT molecular complexity index is 840. The quantitative estimate of drug-likeness (QED) is 0.577. The molecule has 1 saturated heterocycles. The van der Waals surface area contributed by atoms with Gasteiger partial charge in [-0.1, -0.05) is 66.5 Å². The zero-order chi connectivity index (χ0) is 17.8. The molecule has 5 heteroatoms. The van der Waals surface area contributed by atoms with Gasteiger partial charge in [-0.25, -0.2) is 0 Å². The third-order valence-corrected chi connectivity index (χ3v) is 5.07. The Morgan fingerprint density at radius 1 is 1.04 bits per heavy atom. The number of anilines is 2. The molecule has 2 aromatic rings. The zero-order valence-electron chi connectivity index (χ0n) is 14.0. The molecule has 0 atom stereocenters. The lowest BCUT2D eigenvalue weighted by atomic mass is 10.2. The Kier molecular flexibility index (Phi) is 5.36. The van der Waals surface area contributed by atoms with Crippen LogP contribution >= 0.6 is 24.0 Å². The molecule has 1 amide bonds. The number of amides is 1. The number of thiocarbonyl (C=S) groups is 1. The van der Waals surface area contributed by atoms with Crippen LogP contribution in [0.4, 0.5) is 11.4 Å². The number of hydrogen-bond acceptors (Lipinski definition) is 4. The highest BCUT2D eigenvalue weighted by Gasteiger charge is 2.32. The molecule has 3 nitrogen and oxygen atoms in total. The first-order valence-electron chi connectivity index (χ1n) is 7.83. The van der Waals surface area contributed by atoms with Crippen molar-refractivity contribution in [1.82, 2.24) is 0 Å². The smallest absolute Gasteiger partial charge is 0.270 e. The van der Waals surface area contributed by atoms with E-state index in [0.29, 0.717) is 9.23 Å². The lowest BCUT2D eigenvalue weighted by Crippen LogP contribution is -2.27. The summed E-state index contributed by atoms with van der Waals surface area (Å²) >= 11 is 6.73. The second-order valence-corrected chi connectivity index (χ2v) is 7.40. The molecule has 25 heavy (non-hydrogen) atoms. The minimum Gasteiger partial charge on any atom is -0.378 e. The van der Waals surface area contributed by atoms with Crippen molar-refractivity contribution in [3.8, 4) is 0 Å². The molecule has 1 fully saturated rings. The van der Waals surface area contributed by atoms with Crippen LogP contribution in [-0.2, 0) is 4.79 Å². The topological polar surface area (TPSA) is 23.6 Å². The van der Waals surface area contributed by atoms with E-state index in [0.717, 1.165) is 16.9 Å². The number of rotatable bonds is 4. The van der Waals surface area contributed by atoms with E-state index in [2.05, 4.69) is 0 Å². The summed E-state index contributed by atoms with van der Waals surface area (Å²) in [5, 5.41) is 0. The number of nitrogens with zero attached hydrogens (tertiary/aromatic N) is 2. The van der Waals surface area contributed by atoms with Crippen LogP contribution < -0.4 is 9.80 Å². The van der Waals surface area contributed by atoms with Gasteiger partial charge >= 0.3 is 0 Å². The molecule has 0 N–H and O–H groups in total. The maximum absolute atomic E-state index is 12.7. The fourth-order valence-electron chi connectivity index (χ4n) is 2.42. The molecule has 3 rings (SSSR count). The first-order chi connectivity index (χ1) is 12.1. The molecule has 0 bridgehead atoms. The highest BCUT2D eigenvalue weighted by atomic mass is 32.2. The molecule has 0 saturated carbocycles. The molecule has 0 aromatic heterocycles. The van der Waals surface area contributed by atoms with Crippen LogP contribution in [0.25, 0.3) is 6.08 Å². The van der Waals surface area contributed by atoms with Gasteiger partial charge in [0.15, 0.2) is 4.32 Å². The monoisotopic (exact) mass is 366 g/mol. The lowest BCUT2D eigenvalue weighted by molar-refractivity contribution is -0.113. The summed E-state index contributed by atoms with van der Waals surface area (Å²) in [5.41, 5.74) is 2.97. The van der Waals surface area contributed by atoms with E-state index in [-0.39, 0.29) is 5.91 Å². The number of benzene rings is 2. The molecular formula is C20H18N2OS2. The average Bonchev–Trinajstić information content (AvgIpc) is 2.90. The molecule has 1 aliphatic rings. The lowest BCUT2D eigenvalue weighted by Gasteiger charge is -2.17. The molecule has 126 valence electrons. The summed E-state index contributed by atoms with van der Waals surface area (Å²) in [7, 11) is 3.97. The SMILES string of the molecule is CN(C)c1ccc(N2C(=O)/C(=C/C=C/c3ccccc3)SC2=S)cc1. The van der Waals surface area contributed by atoms with Crippen LogP contribution in [0.1, 0.15) is 5.56 Å². The Labute approximate surface area is 157 Å². The van der Waals surface area contributed by atoms with Crippen molar-refractivity contribution < 1.29 is 4.79 Å². The number of hydrogen-bond donors (Lipinski definition) is 0. The first kappa shape index (κ1) is 17.5. The van der Waals surface area contributed by atoms with Gasteiger partial charge in [0.1, 0.15) is 0 Å². The van der Waals surface area contributed by atoms with Gasteiger partial charge < -0.3 is 4.90 Å². The number of carbonyl (C=O) groups is 1. The van der Waals surface area contributed by atoms with Crippen molar-refractivity contribution >= 4 is 51.7 Å². The Morgan fingerprint density at radius 3 is 2.36 bits per heavy atom. The van der Waals surface area contributed by atoms with Crippen molar-refractivity contribution in [1.29, 1.82) is 0 Å². The summed E-state index contributed by atoms with van der Waals surface area (Å²) in [4.78, 5) is 16.9. The van der Waals surface area contributed by atoms with Gasteiger partial charge in [0.25, 0.3) is 5.91 Å². The van der Waals surface area contributed by atoms with Crippen LogP contribution in [0.15, 0.2) is 71.7 Å². The van der Waals surface area contributed by atoms with Crippen LogP contribution in [0.2, 0.25) is 0 Å². The van der Waals surface area contributed by atoms with Crippen molar-refractivity contribution in [2.75, 3.05) is 23.9 Å². The standard InChI is InChI=1S/C20H18N2OS2/c1-21(2)16-11-13-17(14-12-16)22-19(23)18(25-20(22)24)10-6-9-15-7-4-3-5-8-15/h3-14H,1-2H3/b9-6+,18-10-. The number of carbonyl (C=O) groups excluding carboxylic acids is 1. The fraction of sp³-hybridized carbons (Fsp3) is 0.100. The van der Waals surface area contributed by atoms with Crippen molar-refractivity contribution in [2.45, 2.75) is 0 Å².